The summed E-state index contributed by atoms with van der Waals surface area (Å²) in [6.45, 7) is 2.15. The second-order valence-corrected chi connectivity index (χ2v) is 1.66. The Hall–Kier alpha value is 0.350. The Morgan fingerprint density at radius 2 is 2.50 bits per heavy atom. The first kappa shape index (κ1) is 8.35. The molecule has 0 amide bonds. The first-order valence-corrected chi connectivity index (χ1v) is 2.69. The number of hydrogen-bond donors (Lipinski definition) is 0. The molecule has 0 aromatic rings. The van der Waals surface area contributed by atoms with Gasteiger partial charge < -0.3 is 0 Å². The van der Waals surface area contributed by atoms with Crippen LogP contribution in [0.5, 0.6) is 0 Å². The maximum atomic E-state index is 3.21. The third-order valence-corrected chi connectivity index (χ3v) is 1.15. The third-order valence-electron chi connectivity index (χ3n) is 1.15. The van der Waals surface area contributed by atoms with E-state index in [1.54, 1.807) is 0 Å². The summed E-state index contributed by atoms with van der Waals surface area (Å²) in [6.07, 6.45) is 9.65. The fourth-order valence-electron chi connectivity index (χ4n) is 0.693. The zero-order chi connectivity index (χ0) is 5.11. The van der Waals surface area contributed by atoms with Gasteiger partial charge >= 0.3 is 0 Å². The predicted molar refractivity (Wildman–Crippen MR) is 30.8 cm³/mol. The van der Waals surface area contributed by atoms with Crippen LogP contribution in [0, 0.1) is 6.08 Å². The molecule has 0 spiro atoms. The van der Waals surface area contributed by atoms with E-state index in [4.69, 9.17) is 0 Å². The van der Waals surface area contributed by atoms with Gasteiger partial charge in [-0.25, -0.2) is 11.6 Å². The summed E-state index contributed by atoms with van der Waals surface area (Å²) in [5.74, 6) is 0. The fraction of sp³-hybridized carbons (Fsp3) is 0.429. The minimum atomic E-state index is 0. The molecule has 0 aliphatic heterocycles. The molecule has 0 saturated carbocycles. The van der Waals surface area contributed by atoms with E-state index in [9.17, 15) is 0 Å². The number of hydrogen-bond acceptors (Lipinski definition) is 0. The largest absolute Gasteiger partial charge is 0.270 e. The molecule has 0 aromatic carbocycles. The van der Waals surface area contributed by atoms with Crippen molar-refractivity contribution in [2.24, 2.45) is 0 Å². The normalized spacial score (nSPS) is 15.4. The number of rotatable bonds is 1. The maximum absolute atomic E-state index is 3.21. The minimum absolute atomic E-state index is 0. The van der Waals surface area contributed by atoms with Gasteiger partial charge in [-0.3, -0.25) is 6.08 Å². The van der Waals surface area contributed by atoms with Gasteiger partial charge in [0.2, 0.25) is 0 Å². The Morgan fingerprint density at radius 3 is 2.75 bits per heavy atom. The van der Waals surface area contributed by atoms with Crippen molar-refractivity contribution in [3.05, 3.63) is 23.8 Å². The molecule has 0 fully saturated rings. The van der Waals surface area contributed by atoms with Crippen molar-refractivity contribution in [1.29, 1.82) is 0 Å². The van der Waals surface area contributed by atoms with E-state index in [0.717, 1.165) is 12.8 Å². The molecule has 8 heavy (non-hydrogen) atoms. The Kier molecular flexibility index (Phi) is 4.44. The van der Waals surface area contributed by atoms with Crippen molar-refractivity contribution in [3.8, 4) is 0 Å². The summed E-state index contributed by atoms with van der Waals surface area (Å²) in [5, 5.41) is 0. The monoisotopic (exact) mass is 273 g/mol. The smallest absolute Gasteiger partial charge is 0 e. The molecule has 0 aromatic heterocycles. The van der Waals surface area contributed by atoms with E-state index in [0.29, 0.717) is 0 Å². The van der Waals surface area contributed by atoms with Crippen LogP contribution in [-0.2, 0) is 25.8 Å². The molecule has 0 radical (unpaired) electrons. The van der Waals surface area contributed by atoms with Crippen LogP contribution in [0.2, 0.25) is 0 Å². The van der Waals surface area contributed by atoms with Crippen LogP contribution >= 0.6 is 0 Å². The summed E-state index contributed by atoms with van der Waals surface area (Å²) in [5.41, 5.74) is 1.36. The van der Waals surface area contributed by atoms with E-state index in [1.807, 2.05) is 0 Å². The Bertz CT molecular complexity index is 112. The van der Waals surface area contributed by atoms with Gasteiger partial charge in [0, 0.05) is 25.8 Å². The van der Waals surface area contributed by atoms with Gasteiger partial charge in [-0.2, -0.15) is 6.08 Å². The molecule has 0 saturated heterocycles. The van der Waals surface area contributed by atoms with Crippen LogP contribution < -0.4 is 0 Å². The standard InChI is InChI=1S/C7H9.Hf/c1-2-7-5-3-4-6-7;/h3,5H,2,4H2,1H3;/q-1;. The molecule has 0 nitrogen and oxygen atoms in total. The topological polar surface area (TPSA) is 0 Å². The van der Waals surface area contributed by atoms with Gasteiger partial charge in [0.05, 0.1) is 0 Å². The Morgan fingerprint density at radius 1 is 1.75 bits per heavy atom. The molecule has 0 atom stereocenters. The number of allylic oxidation sites excluding steroid dienone is 4. The van der Waals surface area contributed by atoms with Gasteiger partial charge in [-0.15, -0.1) is 6.42 Å². The third kappa shape index (κ3) is 2.08. The van der Waals surface area contributed by atoms with Crippen LogP contribution in [-0.4, -0.2) is 0 Å². The van der Waals surface area contributed by atoms with Crippen LogP contribution in [0.1, 0.15) is 19.8 Å². The summed E-state index contributed by atoms with van der Waals surface area (Å²) in [7, 11) is 0. The van der Waals surface area contributed by atoms with Crippen LogP contribution in [0.15, 0.2) is 17.7 Å². The average molecular weight is 272 g/mol. The predicted octanol–water partition coefficient (Wildman–Crippen LogP) is 2.08. The summed E-state index contributed by atoms with van der Waals surface area (Å²) in [4.78, 5) is 0. The molecular weight excluding hydrogens is 263 g/mol. The quantitative estimate of drug-likeness (QED) is 0.506. The van der Waals surface area contributed by atoms with Gasteiger partial charge in [-0.1, -0.05) is 13.3 Å². The fourth-order valence-corrected chi connectivity index (χ4v) is 0.693. The average Bonchev–Trinajstić information content (AvgIpc) is 2.14. The molecule has 1 aliphatic rings. The Balaban J connectivity index is 0.000000490. The molecule has 1 rings (SSSR count). The van der Waals surface area contributed by atoms with E-state index >= 15 is 0 Å². The van der Waals surface area contributed by atoms with E-state index in [-0.39, 0.29) is 25.8 Å². The van der Waals surface area contributed by atoms with Crippen molar-refractivity contribution < 1.29 is 25.8 Å². The molecule has 0 heterocycles. The molecule has 42 valence electrons. The van der Waals surface area contributed by atoms with Gasteiger partial charge in [0.25, 0.3) is 0 Å². The van der Waals surface area contributed by atoms with Crippen molar-refractivity contribution in [3.63, 3.8) is 0 Å². The van der Waals surface area contributed by atoms with Gasteiger partial charge in [0.15, 0.2) is 0 Å². The molecular formula is C7H9Hf-. The molecule has 0 N–H and O–H groups in total. The summed E-state index contributed by atoms with van der Waals surface area (Å²) in [6, 6.07) is 0. The molecule has 1 heteroatoms. The van der Waals surface area contributed by atoms with Gasteiger partial charge in [0.1, 0.15) is 0 Å². The van der Waals surface area contributed by atoms with E-state index < -0.39 is 0 Å². The minimum Gasteiger partial charge on any atom is -0.270 e. The zero-order valence-corrected chi connectivity index (χ0v) is 8.66. The first-order chi connectivity index (χ1) is 3.43. The van der Waals surface area contributed by atoms with Crippen molar-refractivity contribution in [2.75, 3.05) is 0 Å². The van der Waals surface area contributed by atoms with Crippen molar-refractivity contribution in [2.45, 2.75) is 19.8 Å². The Labute approximate surface area is 69.5 Å². The molecule has 1 aliphatic carbocycles. The second-order valence-electron chi connectivity index (χ2n) is 1.66. The zero-order valence-electron chi connectivity index (χ0n) is 5.07. The SMILES string of the molecule is CCC1=[C-]CC=C1.[Hf]. The maximum Gasteiger partial charge on any atom is 0 e. The van der Waals surface area contributed by atoms with Gasteiger partial charge in [-0.05, 0) is 0 Å². The molecule has 0 unspecified atom stereocenters. The van der Waals surface area contributed by atoms with E-state index in [2.05, 4.69) is 25.2 Å². The second kappa shape index (κ2) is 4.25. The van der Waals surface area contributed by atoms with E-state index in [1.165, 1.54) is 5.57 Å². The summed E-state index contributed by atoms with van der Waals surface area (Å²) < 4.78 is 0. The molecule has 0 bridgehead atoms. The first-order valence-electron chi connectivity index (χ1n) is 2.69. The van der Waals surface area contributed by atoms with Crippen molar-refractivity contribution >= 4 is 0 Å². The van der Waals surface area contributed by atoms with Crippen molar-refractivity contribution in [1.82, 2.24) is 0 Å². The van der Waals surface area contributed by atoms with Crippen LogP contribution in [0.3, 0.4) is 0 Å². The van der Waals surface area contributed by atoms with Crippen LogP contribution in [0.4, 0.5) is 0 Å². The summed E-state index contributed by atoms with van der Waals surface area (Å²) >= 11 is 0. The van der Waals surface area contributed by atoms with Crippen LogP contribution in [0.25, 0.3) is 0 Å².